The summed E-state index contributed by atoms with van der Waals surface area (Å²) >= 11 is 0. The Hall–Kier alpha value is -2.37. The van der Waals surface area contributed by atoms with Gasteiger partial charge in [-0.1, -0.05) is 23.3 Å². The van der Waals surface area contributed by atoms with Crippen LogP contribution in [0.5, 0.6) is 0 Å². The molecule has 0 saturated carbocycles. The number of amides is 1. The van der Waals surface area contributed by atoms with E-state index in [1.807, 2.05) is 9.80 Å². The molecular formula is C19H26N4O2. The SMILES string of the molecule is Cc1nnc(N2CCN(C(=O)CCCc3ccc(C)c(C)c3)CC2)o1. The summed E-state index contributed by atoms with van der Waals surface area (Å²) in [5, 5.41) is 7.90. The van der Waals surface area contributed by atoms with Crippen molar-refractivity contribution in [3.63, 3.8) is 0 Å². The largest absolute Gasteiger partial charge is 0.408 e. The zero-order chi connectivity index (χ0) is 17.8. The summed E-state index contributed by atoms with van der Waals surface area (Å²) in [5.74, 6) is 0.810. The maximum Gasteiger partial charge on any atom is 0.318 e. The topological polar surface area (TPSA) is 62.5 Å². The summed E-state index contributed by atoms with van der Waals surface area (Å²) in [6, 6.07) is 7.10. The van der Waals surface area contributed by atoms with E-state index in [4.69, 9.17) is 4.42 Å². The molecule has 6 heteroatoms. The van der Waals surface area contributed by atoms with E-state index in [9.17, 15) is 4.79 Å². The lowest BCUT2D eigenvalue weighted by molar-refractivity contribution is -0.131. The van der Waals surface area contributed by atoms with E-state index < -0.39 is 0 Å². The zero-order valence-electron chi connectivity index (χ0n) is 15.3. The van der Waals surface area contributed by atoms with Crippen LogP contribution in [0.4, 0.5) is 6.01 Å². The fourth-order valence-electron chi connectivity index (χ4n) is 3.12. The number of aryl methyl sites for hydroxylation is 4. The number of nitrogens with zero attached hydrogens (tertiary/aromatic N) is 4. The molecule has 1 amide bonds. The quantitative estimate of drug-likeness (QED) is 0.836. The Morgan fingerprint density at radius 3 is 2.48 bits per heavy atom. The van der Waals surface area contributed by atoms with E-state index in [2.05, 4.69) is 42.2 Å². The number of piperazine rings is 1. The minimum Gasteiger partial charge on any atom is -0.408 e. The maximum atomic E-state index is 12.4. The third-order valence-electron chi connectivity index (χ3n) is 4.85. The van der Waals surface area contributed by atoms with Gasteiger partial charge in [0.2, 0.25) is 11.8 Å². The van der Waals surface area contributed by atoms with Gasteiger partial charge in [-0.2, -0.15) is 0 Å². The molecule has 1 aromatic heterocycles. The molecule has 1 aliphatic rings. The van der Waals surface area contributed by atoms with Gasteiger partial charge in [0.1, 0.15) is 0 Å². The molecule has 1 fully saturated rings. The number of carbonyl (C=O) groups is 1. The molecule has 0 aliphatic carbocycles. The van der Waals surface area contributed by atoms with Crippen LogP contribution in [-0.2, 0) is 11.2 Å². The van der Waals surface area contributed by atoms with Crippen molar-refractivity contribution in [2.45, 2.75) is 40.0 Å². The fraction of sp³-hybridized carbons (Fsp3) is 0.526. The highest BCUT2D eigenvalue weighted by Gasteiger charge is 2.23. The number of aromatic nitrogens is 2. The smallest absolute Gasteiger partial charge is 0.318 e. The van der Waals surface area contributed by atoms with Gasteiger partial charge in [0, 0.05) is 39.5 Å². The van der Waals surface area contributed by atoms with Gasteiger partial charge in [0.05, 0.1) is 0 Å². The Balaban J connectivity index is 1.42. The molecule has 0 bridgehead atoms. The molecule has 0 radical (unpaired) electrons. The predicted molar refractivity (Wildman–Crippen MR) is 96.7 cm³/mol. The molecular weight excluding hydrogens is 316 g/mol. The lowest BCUT2D eigenvalue weighted by Crippen LogP contribution is -2.48. The molecule has 0 atom stereocenters. The monoisotopic (exact) mass is 342 g/mol. The molecule has 25 heavy (non-hydrogen) atoms. The van der Waals surface area contributed by atoms with Crippen molar-refractivity contribution < 1.29 is 9.21 Å². The first kappa shape index (κ1) is 17.5. The predicted octanol–water partition coefficient (Wildman–Crippen LogP) is 2.67. The third-order valence-corrected chi connectivity index (χ3v) is 4.85. The standard InChI is InChI=1S/C19H26N4O2/c1-14-7-8-17(13-15(14)2)5-4-6-18(24)22-9-11-23(12-10-22)19-21-20-16(3)25-19/h7-8,13H,4-6,9-12H2,1-3H3. The Labute approximate surface area is 148 Å². The molecule has 1 aliphatic heterocycles. The minimum absolute atomic E-state index is 0.241. The van der Waals surface area contributed by atoms with E-state index in [0.717, 1.165) is 25.9 Å². The highest BCUT2D eigenvalue weighted by molar-refractivity contribution is 5.76. The van der Waals surface area contributed by atoms with Crippen molar-refractivity contribution in [1.82, 2.24) is 15.1 Å². The molecule has 2 heterocycles. The van der Waals surface area contributed by atoms with Gasteiger partial charge >= 0.3 is 6.01 Å². The molecule has 6 nitrogen and oxygen atoms in total. The van der Waals surface area contributed by atoms with Crippen LogP contribution >= 0.6 is 0 Å². The van der Waals surface area contributed by atoms with E-state index >= 15 is 0 Å². The third kappa shape index (κ3) is 4.38. The summed E-state index contributed by atoms with van der Waals surface area (Å²) in [6.45, 7) is 8.95. The van der Waals surface area contributed by atoms with Gasteiger partial charge in [-0.3, -0.25) is 4.79 Å². The average molecular weight is 342 g/mol. The Bertz CT molecular complexity index is 733. The van der Waals surface area contributed by atoms with E-state index in [0.29, 0.717) is 31.4 Å². The second-order valence-corrected chi connectivity index (χ2v) is 6.74. The summed E-state index contributed by atoms with van der Waals surface area (Å²) in [7, 11) is 0. The van der Waals surface area contributed by atoms with Crippen molar-refractivity contribution in [3.05, 3.63) is 40.8 Å². The first-order valence-corrected chi connectivity index (χ1v) is 8.92. The summed E-state index contributed by atoms with van der Waals surface area (Å²) < 4.78 is 5.45. The number of hydrogen-bond acceptors (Lipinski definition) is 5. The first-order valence-electron chi connectivity index (χ1n) is 8.92. The lowest BCUT2D eigenvalue weighted by atomic mass is 10.0. The van der Waals surface area contributed by atoms with Crippen LogP contribution < -0.4 is 4.90 Å². The second kappa shape index (κ2) is 7.68. The first-order chi connectivity index (χ1) is 12.0. The lowest BCUT2D eigenvalue weighted by Gasteiger charge is -2.33. The number of rotatable bonds is 5. The van der Waals surface area contributed by atoms with Gasteiger partial charge in [0.25, 0.3) is 0 Å². The highest BCUT2D eigenvalue weighted by Crippen LogP contribution is 2.16. The van der Waals surface area contributed by atoms with Crippen LogP contribution in [-0.4, -0.2) is 47.2 Å². The summed E-state index contributed by atoms with van der Waals surface area (Å²) in [5.41, 5.74) is 3.94. The van der Waals surface area contributed by atoms with Gasteiger partial charge < -0.3 is 14.2 Å². The molecule has 1 saturated heterocycles. The minimum atomic E-state index is 0.241. The van der Waals surface area contributed by atoms with Crippen LogP contribution in [0.2, 0.25) is 0 Å². The van der Waals surface area contributed by atoms with Crippen LogP contribution in [0, 0.1) is 20.8 Å². The van der Waals surface area contributed by atoms with Gasteiger partial charge in [-0.15, -0.1) is 5.10 Å². The van der Waals surface area contributed by atoms with Crippen LogP contribution in [0.1, 0.15) is 35.4 Å². The van der Waals surface area contributed by atoms with E-state index in [1.54, 1.807) is 6.92 Å². The molecule has 0 N–H and O–H groups in total. The molecule has 0 spiro atoms. The molecule has 134 valence electrons. The summed E-state index contributed by atoms with van der Waals surface area (Å²) in [4.78, 5) is 16.4. The van der Waals surface area contributed by atoms with Gasteiger partial charge in [0.15, 0.2) is 0 Å². The van der Waals surface area contributed by atoms with Crippen molar-refractivity contribution in [2.24, 2.45) is 0 Å². The Morgan fingerprint density at radius 2 is 1.84 bits per heavy atom. The van der Waals surface area contributed by atoms with Gasteiger partial charge in [-0.05, 0) is 43.4 Å². The van der Waals surface area contributed by atoms with E-state index in [-0.39, 0.29) is 5.91 Å². The number of hydrogen-bond donors (Lipinski definition) is 0. The molecule has 2 aromatic rings. The molecule has 1 aromatic carbocycles. The van der Waals surface area contributed by atoms with Gasteiger partial charge in [-0.25, -0.2) is 0 Å². The van der Waals surface area contributed by atoms with Crippen LogP contribution in [0.25, 0.3) is 0 Å². The molecule has 0 unspecified atom stereocenters. The van der Waals surface area contributed by atoms with E-state index in [1.165, 1.54) is 16.7 Å². The maximum absolute atomic E-state index is 12.4. The average Bonchev–Trinajstić information content (AvgIpc) is 3.04. The van der Waals surface area contributed by atoms with Crippen molar-refractivity contribution in [2.75, 3.05) is 31.1 Å². The summed E-state index contributed by atoms with van der Waals surface area (Å²) in [6.07, 6.45) is 2.45. The number of carbonyl (C=O) groups excluding carboxylic acids is 1. The van der Waals surface area contributed by atoms with Crippen LogP contribution in [0.3, 0.4) is 0 Å². The Kier molecular flexibility index (Phi) is 5.36. The Morgan fingerprint density at radius 1 is 1.08 bits per heavy atom. The normalized spacial score (nSPS) is 14.8. The molecule has 3 rings (SSSR count). The second-order valence-electron chi connectivity index (χ2n) is 6.74. The van der Waals surface area contributed by atoms with Crippen molar-refractivity contribution in [1.29, 1.82) is 0 Å². The zero-order valence-corrected chi connectivity index (χ0v) is 15.3. The van der Waals surface area contributed by atoms with Crippen molar-refractivity contribution in [3.8, 4) is 0 Å². The van der Waals surface area contributed by atoms with Crippen LogP contribution in [0.15, 0.2) is 22.6 Å². The number of benzene rings is 1. The van der Waals surface area contributed by atoms with Crippen molar-refractivity contribution >= 4 is 11.9 Å². The number of anilines is 1. The fourth-order valence-corrected chi connectivity index (χ4v) is 3.12. The highest BCUT2D eigenvalue weighted by atomic mass is 16.4.